The molecule has 2 aliphatic rings. The highest BCUT2D eigenvalue weighted by molar-refractivity contribution is 5.94. The Bertz CT molecular complexity index is 1760. The molecule has 3 aromatic rings. The number of nitrogens with one attached hydrogen (secondary N) is 1. The predicted molar refractivity (Wildman–Crippen MR) is 200 cm³/mol. The topological polar surface area (TPSA) is 44.7 Å². The Kier molecular flexibility index (Phi) is 12.5. The summed E-state index contributed by atoms with van der Waals surface area (Å²) in [7, 11) is 0. The number of likely N-dealkylation sites (tertiary alicyclic amines) is 1. The zero-order valence-corrected chi connectivity index (χ0v) is 31.0. The lowest BCUT2D eigenvalue weighted by Crippen LogP contribution is -2.43. The molecule has 4 nitrogen and oxygen atoms in total. The van der Waals surface area contributed by atoms with E-state index in [1.54, 1.807) is 19.1 Å². The molecule has 4 atom stereocenters. The number of allylic oxidation sites excluding steroid dienone is 1. The van der Waals surface area contributed by atoms with E-state index in [4.69, 9.17) is 4.99 Å². The molecule has 1 N–H and O–H groups in total. The van der Waals surface area contributed by atoms with Crippen LogP contribution in [-0.2, 0) is 11.2 Å². The van der Waals surface area contributed by atoms with Crippen LogP contribution in [0.1, 0.15) is 119 Å². The number of aliphatic imine (C=N–C) groups is 1. The summed E-state index contributed by atoms with van der Waals surface area (Å²) in [6.45, 7) is 16.1. The Labute approximate surface area is 301 Å². The van der Waals surface area contributed by atoms with Crippen molar-refractivity contribution in [3.63, 3.8) is 0 Å². The van der Waals surface area contributed by atoms with Crippen molar-refractivity contribution in [1.29, 1.82) is 0 Å². The maximum Gasteiger partial charge on any atom is 0.226 e. The Balaban J connectivity index is 1.37. The van der Waals surface area contributed by atoms with Crippen molar-refractivity contribution in [2.75, 3.05) is 11.9 Å². The fourth-order valence-corrected chi connectivity index (χ4v) is 8.19. The molecule has 0 spiro atoms. The van der Waals surface area contributed by atoms with Gasteiger partial charge in [0.25, 0.3) is 0 Å². The highest BCUT2D eigenvalue weighted by Gasteiger charge is 2.36. The zero-order valence-electron chi connectivity index (χ0n) is 31.0. The lowest BCUT2D eigenvalue weighted by Gasteiger charge is -2.30. The van der Waals surface area contributed by atoms with Crippen molar-refractivity contribution in [3.8, 4) is 0 Å². The quantitative estimate of drug-likeness (QED) is 0.142. The van der Waals surface area contributed by atoms with Gasteiger partial charge in [-0.1, -0.05) is 39.3 Å². The number of amides is 1. The van der Waals surface area contributed by atoms with Gasteiger partial charge in [0.1, 0.15) is 23.3 Å². The minimum Gasteiger partial charge on any atom is -0.359 e. The van der Waals surface area contributed by atoms with Crippen LogP contribution in [0.3, 0.4) is 0 Å². The molecule has 1 aliphatic carbocycles. The number of hydrogen-bond donors (Lipinski definition) is 1. The van der Waals surface area contributed by atoms with Gasteiger partial charge in [0, 0.05) is 35.6 Å². The molecule has 0 radical (unpaired) electrons. The molecule has 1 aliphatic heterocycles. The number of hydrogen-bond acceptors (Lipinski definition) is 3. The number of carbonyl (C=O) groups excluding carboxylic acids is 1. The van der Waals surface area contributed by atoms with E-state index in [2.05, 4.69) is 18.8 Å². The van der Waals surface area contributed by atoms with E-state index < -0.39 is 23.4 Å². The lowest BCUT2D eigenvalue weighted by atomic mass is 9.83. The van der Waals surface area contributed by atoms with E-state index in [0.29, 0.717) is 58.1 Å². The normalized spacial score (nSPS) is 18.6. The van der Waals surface area contributed by atoms with Gasteiger partial charge in [-0.15, -0.1) is 0 Å². The number of nitrogens with zero attached hydrogens (tertiary/aromatic N) is 2. The second kappa shape index (κ2) is 16.6. The minimum absolute atomic E-state index is 0.00742. The van der Waals surface area contributed by atoms with Crippen LogP contribution in [0.4, 0.5) is 28.9 Å². The van der Waals surface area contributed by atoms with Crippen molar-refractivity contribution >= 4 is 23.0 Å². The zero-order chi connectivity index (χ0) is 37.0. The number of rotatable bonds is 13. The highest BCUT2D eigenvalue weighted by atomic mass is 19.1. The summed E-state index contributed by atoms with van der Waals surface area (Å²) in [4.78, 5) is 20.6. The van der Waals surface area contributed by atoms with Crippen LogP contribution in [0.15, 0.2) is 59.7 Å². The van der Waals surface area contributed by atoms with E-state index in [0.717, 1.165) is 49.6 Å². The van der Waals surface area contributed by atoms with Crippen LogP contribution >= 0.6 is 0 Å². The molecule has 274 valence electrons. The smallest absolute Gasteiger partial charge is 0.226 e. The first-order chi connectivity index (χ1) is 24.2. The standard InChI is InChI=1S/C43H53F4N3O/c1-25(2)48-41-24-39(47)37(17-27(41)4)33(19-31-20-34(44)22-35(45)21-31)15-14-26(3)36-23-40(28(5)18-38(36)46)49-30(7)42-13-10-16-50(42)43(51)29(6)32-11-8-9-12-32/h17-18,20-24,26,29,32-33,42,48H,1,8-16,19H2,2-7H3/b49-30+/t26-,29+,33?,42?/m1/s1. The summed E-state index contributed by atoms with van der Waals surface area (Å²) < 4.78 is 59.7. The third-order valence-electron chi connectivity index (χ3n) is 11.1. The van der Waals surface area contributed by atoms with Crippen molar-refractivity contribution in [1.82, 2.24) is 4.90 Å². The van der Waals surface area contributed by atoms with Crippen LogP contribution < -0.4 is 5.32 Å². The van der Waals surface area contributed by atoms with E-state index >= 15 is 8.78 Å². The largest absolute Gasteiger partial charge is 0.359 e. The van der Waals surface area contributed by atoms with Gasteiger partial charge in [0.2, 0.25) is 5.91 Å². The molecule has 8 heteroatoms. The number of aryl methyl sites for hydroxylation is 2. The number of halogens is 4. The van der Waals surface area contributed by atoms with Gasteiger partial charge in [-0.25, -0.2) is 17.6 Å². The summed E-state index contributed by atoms with van der Waals surface area (Å²) >= 11 is 0. The van der Waals surface area contributed by atoms with Crippen LogP contribution in [0.2, 0.25) is 0 Å². The number of carbonyl (C=O) groups is 1. The van der Waals surface area contributed by atoms with E-state index in [-0.39, 0.29) is 36.0 Å². The predicted octanol–water partition coefficient (Wildman–Crippen LogP) is 11.6. The van der Waals surface area contributed by atoms with Crippen LogP contribution in [0.25, 0.3) is 0 Å². The van der Waals surface area contributed by atoms with Gasteiger partial charge in [-0.3, -0.25) is 9.79 Å². The van der Waals surface area contributed by atoms with Crippen LogP contribution in [0, 0.1) is 49.0 Å². The molecule has 1 amide bonds. The molecule has 2 unspecified atom stereocenters. The van der Waals surface area contributed by atoms with Crippen LogP contribution in [-0.4, -0.2) is 29.1 Å². The van der Waals surface area contributed by atoms with Gasteiger partial charge < -0.3 is 10.2 Å². The second-order valence-electron chi connectivity index (χ2n) is 15.2. The summed E-state index contributed by atoms with van der Waals surface area (Å²) in [5.41, 5.74) is 5.71. The van der Waals surface area contributed by atoms with Gasteiger partial charge in [0.15, 0.2) is 0 Å². The van der Waals surface area contributed by atoms with Gasteiger partial charge >= 0.3 is 0 Å². The summed E-state index contributed by atoms with van der Waals surface area (Å²) in [6.07, 6.45) is 7.58. The molecule has 1 saturated carbocycles. The molecular weight excluding hydrogens is 650 g/mol. The summed E-state index contributed by atoms with van der Waals surface area (Å²) in [5, 5.41) is 3.08. The molecule has 1 heterocycles. The molecule has 51 heavy (non-hydrogen) atoms. The van der Waals surface area contributed by atoms with E-state index in [1.165, 1.54) is 37.1 Å². The van der Waals surface area contributed by atoms with Gasteiger partial charge in [0.05, 0.1) is 11.7 Å². The molecule has 0 aromatic heterocycles. The monoisotopic (exact) mass is 703 g/mol. The fourth-order valence-electron chi connectivity index (χ4n) is 8.19. The first-order valence-corrected chi connectivity index (χ1v) is 18.5. The molecule has 2 fully saturated rings. The van der Waals surface area contributed by atoms with Gasteiger partial charge in [-0.2, -0.15) is 0 Å². The first kappa shape index (κ1) is 38.3. The number of anilines is 1. The van der Waals surface area contributed by atoms with E-state index in [1.807, 2.05) is 32.6 Å². The van der Waals surface area contributed by atoms with E-state index in [9.17, 15) is 13.6 Å². The average molecular weight is 704 g/mol. The highest BCUT2D eigenvalue weighted by Crippen LogP contribution is 2.38. The van der Waals surface area contributed by atoms with Crippen molar-refractivity contribution < 1.29 is 22.4 Å². The Hall–Kier alpha value is -3.94. The SMILES string of the molecule is C=C(C)Nc1cc(F)c(C(CC[C@@H](C)c2cc(/N=C(\C)C3CCCN3C(=O)[C@@H](C)C3CCCC3)c(C)cc2F)Cc2cc(F)cc(F)c2)cc1C. The molecule has 5 rings (SSSR count). The second-order valence-corrected chi connectivity index (χ2v) is 15.2. The van der Waals surface area contributed by atoms with Crippen LogP contribution in [0.5, 0.6) is 0 Å². The van der Waals surface area contributed by atoms with Crippen molar-refractivity contribution in [2.45, 2.75) is 117 Å². The van der Waals surface area contributed by atoms with Gasteiger partial charge in [-0.05, 0) is 149 Å². The Morgan fingerprint density at radius 3 is 2.20 bits per heavy atom. The van der Waals surface area contributed by atoms with Crippen molar-refractivity contribution in [2.24, 2.45) is 16.8 Å². The average Bonchev–Trinajstić information content (AvgIpc) is 3.78. The Morgan fingerprint density at radius 2 is 1.53 bits per heavy atom. The molecule has 0 bridgehead atoms. The molecular formula is C43H53F4N3O. The molecule has 3 aromatic carbocycles. The molecule has 1 saturated heterocycles. The first-order valence-electron chi connectivity index (χ1n) is 18.5. The maximum absolute atomic E-state index is 15.7. The Morgan fingerprint density at radius 1 is 0.863 bits per heavy atom. The third kappa shape index (κ3) is 9.30. The fraction of sp³-hybridized carbons (Fsp3) is 0.488. The number of benzene rings is 3. The lowest BCUT2D eigenvalue weighted by molar-refractivity contribution is -0.136. The summed E-state index contributed by atoms with van der Waals surface area (Å²) in [6, 6.07) is 9.84. The van der Waals surface area contributed by atoms with Crippen molar-refractivity contribution in [3.05, 3.63) is 106 Å². The maximum atomic E-state index is 15.7. The minimum atomic E-state index is -0.687. The third-order valence-corrected chi connectivity index (χ3v) is 11.1. The summed E-state index contributed by atoms with van der Waals surface area (Å²) in [5.74, 6) is -2.13.